The summed E-state index contributed by atoms with van der Waals surface area (Å²) in [5, 5.41) is 12.5. The molecular weight excluding hydrogens is 374 g/mol. The van der Waals surface area contributed by atoms with Crippen molar-refractivity contribution in [2.75, 3.05) is 6.61 Å². The van der Waals surface area contributed by atoms with Gasteiger partial charge in [-0.2, -0.15) is 0 Å². The molecule has 1 fully saturated rings. The smallest absolute Gasteiger partial charge is 0.326 e. The number of carbonyl (C=O) groups is 1. The van der Waals surface area contributed by atoms with E-state index in [2.05, 4.69) is 31.1 Å². The van der Waals surface area contributed by atoms with Crippen molar-refractivity contribution in [1.29, 1.82) is 0 Å². The van der Waals surface area contributed by atoms with E-state index in [9.17, 15) is 19.5 Å². The fraction of sp³-hybridized carbons (Fsp3) is 0.476. The van der Waals surface area contributed by atoms with Crippen LogP contribution in [0.4, 0.5) is 0 Å². The molecule has 0 aliphatic heterocycles. The first kappa shape index (κ1) is 20.7. The molecule has 0 spiro atoms. The van der Waals surface area contributed by atoms with E-state index in [4.69, 9.17) is 4.74 Å². The van der Waals surface area contributed by atoms with E-state index in [0.29, 0.717) is 12.5 Å². The fourth-order valence-corrected chi connectivity index (χ4v) is 3.45. The molecule has 0 bridgehead atoms. The van der Waals surface area contributed by atoms with Crippen LogP contribution >= 0.6 is 0 Å². The Kier molecular flexibility index (Phi) is 5.81. The van der Waals surface area contributed by atoms with Gasteiger partial charge in [0, 0.05) is 6.04 Å². The minimum Gasteiger partial charge on any atom is -0.501 e. The summed E-state index contributed by atoms with van der Waals surface area (Å²) in [6.45, 7) is 7.00. The number of nitrogens with one attached hydrogen (secondary N) is 3. The van der Waals surface area contributed by atoms with Gasteiger partial charge in [0.15, 0.2) is 5.69 Å². The van der Waals surface area contributed by atoms with Gasteiger partial charge in [-0.3, -0.25) is 19.6 Å². The molecular formula is C21H27N3O5. The molecule has 1 saturated carbocycles. The molecule has 0 saturated heterocycles. The SMILES string of the molecule is CC(C)(C)COc1ccc(C2CCC(NC(=O)c3[nH]c(=O)[nH]c(=O)c3O)C2)cc1. The number of H-pyrrole nitrogens is 2. The summed E-state index contributed by atoms with van der Waals surface area (Å²) in [6, 6.07) is 7.92. The van der Waals surface area contributed by atoms with E-state index in [0.717, 1.165) is 25.0 Å². The van der Waals surface area contributed by atoms with Gasteiger partial charge in [-0.15, -0.1) is 0 Å². The summed E-state index contributed by atoms with van der Waals surface area (Å²) in [5.74, 6) is -0.325. The highest BCUT2D eigenvalue weighted by Crippen LogP contribution is 2.35. The molecule has 8 nitrogen and oxygen atoms in total. The van der Waals surface area contributed by atoms with Crippen LogP contribution in [-0.4, -0.2) is 33.6 Å². The largest absolute Gasteiger partial charge is 0.501 e. The second kappa shape index (κ2) is 8.14. The molecule has 0 radical (unpaired) electrons. The summed E-state index contributed by atoms with van der Waals surface area (Å²) >= 11 is 0. The highest BCUT2D eigenvalue weighted by molar-refractivity contribution is 5.94. The number of aromatic nitrogens is 2. The maximum absolute atomic E-state index is 12.4. The summed E-state index contributed by atoms with van der Waals surface area (Å²) in [4.78, 5) is 39.2. The Labute approximate surface area is 168 Å². The van der Waals surface area contributed by atoms with E-state index in [1.807, 2.05) is 29.2 Å². The van der Waals surface area contributed by atoms with Crippen molar-refractivity contribution in [2.24, 2.45) is 5.41 Å². The van der Waals surface area contributed by atoms with Gasteiger partial charge in [0.1, 0.15) is 5.75 Å². The first-order chi connectivity index (χ1) is 13.6. The van der Waals surface area contributed by atoms with Crippen molar-refractivity contribution in [3.63, 3.8) is 0 Å². The fourth-order valence-electron chi connectivity index (χ4n) is 3.45. The summed E-state index contributed by atoms with van der Waals surface area (Å²) in [7, 11) is 0. The molecule has 1 aromatic heterocycles. The molecule has 2 atom stereocenters. The zero-order valence-electron chi connectivity index (χ0n) is 16.9. The van der Waals surface area contributed by atoms with Crippen LogP contribution in [0.3, 0.4) is 0 Å². The maximum atomic E-state index is 12.4. The Morgan fingerprint density at radius 2 is 1.86 bits per heavy atom. The summed E-state index contributed by atoms with van der Waals surface area (Å²) in [5.41, 5.74) is -0.967. The van der Waals surface area contributed by atoms with Gasteiger partial charge < -0.3 is 15.2 Å². The topological polar surface area (TPSA) is 124 Å². The highest BCUT2D eigenvalue weighted by Gasteiger charge is 2.28. The lowest BCUT2D eigenvalue weighted by molar-refractivity contribution is 0.0928. The third-order valence-corrected chi connectivity index (χ3v) is 4.94. The number of amides is 1. The predicted molar refractivity (Wildman–Crippen MR) is 109 cm³/mol. The van der Waals surface area contributed by atoms with Gasteiger partial charge in [0.2, 0.25) is 5.75 Å². The van der Waals surface area contributed by atoms with Crippen LogP contribution in [0.1, 0.15) is 62.0 Å². The Balaban J connectivity index is 1.60. The van der Waals surface area contributed by atoms with Crippen molar-refractivity contribution in [1.82, 2.24) is 15.3 Å². The second-order valence-corrected chi connectivity index (χ2v) is 8.73. The van der Waals surface area contributed by atoms with Crippen LogP contribution in [-0.2, 0) is 0 Å². The number of aromatic hydroxyl groups is 1. The Morgan fingerprint density at radius 3 is 2.52 bits per heavy atom. The zero-order valence-corrected chi connectivity index (χ0v) is 16.9. The van der Waals surface area contributed by atoms with Crippen molar-refractivity contribution < 1.29 is 14.6 Å². The van der Waals surface area contributed by atoms with Gasteiger partial charge in [-0.05, 0) is 48.3 Å². The van der Waals surface area contributed by atoms with E-state index < -0.39 is 28.6 Å². The monoisotopic (exact) mass is 401 g/mol. The lowest BCUT2D eigenvalue weighted by Crippen LogP contribution is -2.36. The Morgan fingerprint density at radius 1 is 1.17 bits per heavy atom. The van der Waals surface area contributed by atoms with Crippen LogP contribution in [0, 0.1) is 5.41 Å². The van der Waals surface area contributed by atoms with E-state index in [-0.39, 0.29) is 11.5 Å². The van der Waals surface area contributed by atoms with Crippen molar-refractivity contribution in [3.05, 3.63) is 56.4 Å². The molecule has 1 amide bonds. The van der Waals surface area contributed by atoms with Gasteiger partial charge >= 0.3 is 5.69 Å². The third kappa shape index (κ3) is 5.28. The summed E-state index contributed by atoms with van der Waals surface area (Å²) < 4.78 is 5.80. The number of carbonyl (C=O) groups excluding carboxylic acids is 1. The lowest BCUT2D eigenvalue weighted by Gasteiger charge is -2.19. The summed E-state index contributed by atoms with van der Waals surface area (Å²) in [6.07, 6.45) is 2.42. The molecule has 1 aromatic carbocycles. The number of rotatable bonds is 5. The minimum atomic E-state index is -0.989. The Hall–Kier alpha value is -3.03. The van der Waals surface area contributed by atoms with Crippen molar-refractivity contribution in [2.45, 2.75) is 52.0 Å². The first-order valence-electron chi connectivity index (χ1n) is 9.71. The van der Waals surface area contributed by atoms with Crippen LogP contribution in [0.15, 0.2) is 33.9 Å². The number of hydrogen-bond donors (Lipinski definition) is 4. The molecule has 156 valence electrons. The quantitative estimate of drug-likeness (QED) is 0.612. The van der Waals surface area contributed by atoms with Gasteiger partial charge in [0.25, 0.3) is 11.5 Å². The van der Waals surface area contributed by atoms with E-state index >= 15 is 0 Å². The molecule has 1 aliphatic carbocycles. The number of hydrogen-bond acceptors (Lipinski definition) is 5. The average Bonchev–Trinajstić information content (AvgIpc) is 3.11. The van der Waals surface area contributed by atoms with Crippen LogP contribution in [0.2, 0.25) is 0 Å². The molecule has 4 N–H and O–H groups in total. The molecule has 1 aliphatic rings. The van der Waals surface area contributed by atoms with E-state index in [1.54, 1.807) is 0 Å². The highest BCUT2D eigenvalue weighted by atomic mass is 16.5. The molecule has 2 aromatic rings. The lowest BCUT2D eigenvalue weighted by atomic mass is 9.97. The van der Waals surface area contributed by atoms with Crippen LogP contribution in [0.5, 0.6) is 11.5 Å². The number of ether oxygens (including phenoxy) is 1. The van der Waals surface area contributed by atoms with Crippen molar-refractivity contribution in [3.8, 4) is 11.5 Å². The zero-order chi connectivity index (χ0) is 21.2. The van der Waals surface area contributed by atoms with Crippen LogP contribution < -0.4 is 21.3 Å². The molecule has 2 unspecified atom stereocenters. The Bertz CT molecular complexity index is 985. The molecule has 29 heavy (non-hydrogen) atoms. The first-order valence-corrected chi connectivity index (χ1v) is 9.71. The normalized spacial score (nSPS) is 19.1. The van der Waals surface area contributed by atoms with Gasteiger partial charge in [-0.1, -0.05) is 32.9 Å². The maximum Gasteiger partial charge on any atom is 0.326 e. The molecule has 1 heterocycles. The third-order valence-electron chi connectivity index (χ3n) is 4.94. The average molecular weight is 401 g/mol. The molecule has 3 rings (SSSR count). The van der Waals surface area contributed by atoms with Crippen LogP contribution in [0.25, 0.3) is 0 Å². The van der Waals surface area contributed by atoms with Gasteiger partial charge in [-0.25, -0.2) is 4.79 Å². The van der Waals surface area contributed by atoms with Gasteiger partial charge in [0.05, 0.1) is 6.61 Å². The second-order valence-electron chi connectivity index (χ2n) is 8.73. The van der Waals surface area contributed by atoms with Crippen molar-refractivity contribution >= 4 is 5.91 Å². The standard InChI is InChI=1S/C21H27N3O5/c1-21(2,3)11-29-15-8-5-12(6-9-15)13-4-7-14(10-13)22-18(26)16-17(25)19(27)24-20(28)23-16/h5-6,8-9,13-14,25H,4,7,10-11H2,1-3H3,(H,22,26)(H2,23,24,27,28). The number of aromatic amines is 2. The van der Waals surface area contributed by atoms with E-state index in [1.165, 1.54) is 5.56 Å². The minimum absolute atomic E-state index is 0.0951. The number of benzene rings is 1. The molecule has 8 heteroatoms. The predicted octanol–water partition coefficient (Wildman–Crippen LogP) is 2.26.